The summed E-state index contributed by atoms with van der Waals surface area (Å²) in [5.74, 6) is 5.62. The van der Waals surface area contributed by atoms with Crippen LogP contribution in [0.4, 0.5) is 0 Å². The number of hydrogen-bond donors (Lipinski definition) is 2. The van der Waals surface area contributed by atoms with Crippen LogP contribution >= 0.6 is 11.6 Å². The number of hydrazine groups is 1. The van der Waals surface area contributed by atoms with Gasteiger partial charge in [0.2, 0.25) is 0 Å². The summed E-state index contributed by atoms with van der Waals surface area (Å²) in [6.07, 6.45) is 4.93. The van der Waals surface area contributed by atoms with Crippen LogP contribution in [0.15, 0.2) is 18.5 Å². The number of methoxy groups -OCH3 is 1. The van der Waals surface area contributed by atoms with Gasteiger partial charge in [-0.05, 0) is 31.4 Å². The molecule has 0 saturated carbocycles. The summed E-state index contributed by atoms with van der Waals surface area (Å²) in [6, 6.07) is 1.90. The van der Waals surface area contributed by atoms with Crippen LogP contribution in [0.5, 0.6) is 0 Å². The van der Waals surface area contributed by atoms with Gasteiger partial charge in [0, 0.05) is 19.5 Å². The summed E-state index contributed by atoms with van der Waals surface area (Å²) in [6.45, 7) is 4.11. The van der Waals surface area contributed by atoms with Crippen LogP contribution in [0, 0.1) is 0 Å². The van der Waals surface area contributed by atoms with E-state index in [4.69, 9.17) is 22.2 Å². The molecule has 0 aliphatic heterocycles. The van der Waals surface area contributed by atoms with Crippen LogP contribution < -0.4 is 11.3 Å². The number of halogens is 1. The molecule has 0 saturated heterocycles. The van der Waals surface area contributed by atoms with Crippen molar-refractivity contribution in [2.24, 2.45) is 5.84 Å². The highest BCUT2D eigenvalue weighted by atomic mass is 35.5. The Labute approximate surface area is 107 Å². The van der Waals surface area contributed by atoms with Gasteiger partial charge in [-0.3, -0.25) is 16.3 Å². The quantitative estimate of drug-likeness (QED) is 0.604. The van der Waals surface area contributed by atoms with Crippen LogP contribution in [0.1, 0.15) is 25.8 Å². The number of nitrogens with zero attached hydrogens (tertiary/aromatic N) is 1. The lowest BCUT2D eigenvalue weighted by Crippen LogP contribution is -2.53. The fourth-order valence-corrected chi connectivity index (χ4v) is 1.97. The Morgan fingerprint density at radius 3 is 2.82 bits per heavy atom. The summed E-state index contributed by atoms with van der Waals surface area (Å²) in [5, 5.41) is 0.655. The Kier molecular flexibility index (Phi) is 5.33. The van der Waals surface area contributed by atoms with E-state index in [9.17, 15) is 0 Å². The van der Waals surface area contributed by atoms with Crippen molar-refractivity contribution < 1.29 is 4.74 Å². The number of hydrogen-bond acceptors (Lipinski definition) is 4. The van der Waals surface area contributed by atoms with E-state index >= 15 is 0 Å². The lowest BCUT2D eigenvalue weighted by molar-refractivity contribution is -0.0288. The summed E-state index contributed by atoms with van der Waals surface area (Å²) in [7, 11) is 1.70. The van der Waals surface area contributed by atoms with E-state index in [1.54, 1.807) is 19.5 Å². The Balaban J connectivity index is 2.87. The van der Waals surface area contributed by atoms with Gasteiger partial charge in [-0.2, -0.15) is 0 Å². The highest BCUT2D eigenvalue weighted by molar-refractivity contribution is 6.31. The van der Waals surface area contributed by atoms with Gasteiger partial charge in [-0.1, -0.05) is 18.5 Å². The maximum atomic E-state index is 6.09. The highest BCUT2D eigenvalue weighted by Crippen LogP contribution is 2.24. The highest BCUT2D eigenvalue weighted by Gasteiger charge is 2.32. The van der Waals surface area contributed by atoms with Gasteiger partial charge < -0.3 is 4.74 Å². The molecule has 0 aliphatic rings. The Hall–Kier alpha value is -0.680. The van der Waals surface area contributed by atoms with Crippen molar-refractivity contribution in [3.8, 4) is 0 Å². The number of pyridine rings is 1. The zero-order chi connectivity index (χ0) is 12.9. The minimum Gasteiger partial charge on any atom is -0.377 e. The van der Waals surface area contributed by atoms with Gasteiger partial charge in [0.25, 0.3) is 0 Å². The van der Waals surface area contributed by atoms with Gasteiger partial charge in [0.1, 0.15) is 0 Å². The van der Waals surface area contributed by atoms with E-state index in [-0.39, 0.29) is 11.6 Å². The van der Waals surface area contributed by atoms with E-state index in [1.165, 1.54) is 0 Å². The molecule has 1 aromatic heterocycles. The molecule has 5 heteroatoms. The third-order valence-corrected chi connectivity index (χ3v) is 3.73. The van der Waals surface area contributed by atoms with Gasteiger partial charge in [0.05, 0.1) is 16.7 Å². The number of nitrogens with one attached hydrogen (secondary N) is 1. The molecular weight excluding hydrogens is 238 g/mol. The molecule has 0 fully saturated rings. The first-order valence-corrected chi connectivity index (χ1v) is 6.04. The van der Waals surface area contributed by atoms with Crippen molar-refractivity contribution in [1.29, 1.82) is 0 Å². The van der Waals surface area contributed by atoms with E-state index in [2.05, 4.69) is 17.3 Å². The second-order valence-electron chi connectivity index (χ2n) is 4.26. The molecular formula is C12H20ClN3O. The number of rotatable bonds is 6. The molecule has 17 heavy (non-hydrogen) atoms. The lowest BCUT2D eigenvalue weighted by atomic mass is 9.89. The monoisotopic (exact) mass is 257 g/mol. The average Bonchev–Trinajstić information content (AvgIpc) is 2.37. The first kappa shape index (κ1) is 14.4. The Morgan fingerprint density at radius 2 is 2.35 bits per heavy atom. The number of aromatic nitrogens is 1. The zero-order valence-corrected chi connectivity index (χ0v) is 11.3. The Morgan fingerprint density at radius 1 is 1.65 bits per heavy atom. The Bertz CT molecular complexity index is 355. The van der Waals surface area contributed by atoms with Gasteiger partial charge >= 0.3 is 0 Å². The molecule has 0 amide bonds. The van der Waals surface area contributed by atoms with Gasteiger partial charge in [-0.25, -0.2) is 0 Å². The second-order valence-corrected chi connectivity index (χ2v) is 4.67. The molecule has 2 atom stereocenters. The summed E-state index contributed by atoms with van der Waals surface area (Å²) < 4.78 is 5.55. The van der Waals surface area contributed by atoms with Crippen LogP contribution in [0.3, 0.4) is 0 Å². The predicted molar refractivity (Wildman–Crippen MR) is 69.8 cm³/mol. The number of nitrogens with two attached hydrogens (primary N) is 1. The van der Waals surface area contributed by atoms with Crippen molar-refractivity contribution in [2.45, 2.75) is 38.3 Å². The first-order valence-electron chi connectivity index (χ1n) is 5.67. The van der Waals surface area contributed by atoms with E-state index in [1.807, 2.05) is 13.0 Å². The normalized spacial score (nSPS) is 16.5. The van der Waals surface area contributed by atoms with Crippen molar-refractivity contribution in [1.82, 2.24) is 10.4 Å². The van der Waals surface area contributed by atoms with Crippen molar-refractivity contribution in [3.63, 3.8) is 0 Å². The molecule has 0 radical (unpaired) electrons. The lowest BCUT2D eigenvalue weighted by Gasteiger charge is -2.35. The van der Waals surface area contributed by atoms with Crippen molar-refractivity contribution >= 4 is 11.6 Å². The van der Waals surface area contributed by atoms with Crippen molar-refractivity contribution in [3.05, 3.63) is 29.0 Å². The standard InChI is InChI=1S/C12H20ClN3O/c1-4-12(2,17-3)11(16-14)7-9-5-6-15-8-10(9)13/h5-6,8,11,16H,4,7,14H2,1-3H3. The molecule has 1 heterocycles. The van der Waals surface area contributed by atoms with Gasteiger partial charge in [-0.15, -0.1) is 0 Å². The van der Waals surface area contributed by atoms with Crippen LogP contribution in [-0.4, -0.2) is 23.7 Å². The largest absolute Gasteiger partial charge is 0.377 e. The summed E-state index contributed by atoms with van der Waals surface area (Å²) in [4.78, 5) is 3.97. The average molecular weight is 258 g/mol. The molecule has 1 rings (SSSR count). The predicted octanol–water partition coefficient (Wildman–Crippen LogP) is 1.92. The van der Waals surface area contributed by atoms with E-state index in [0.717, 1.165) is 12.0 Å². The maximum Gasteiger partial charge on any atom is 0.0817 e. The molecule has 0 aromatic carbocycles. The minimum absolute atomic E-state index is 0.00241. The molecule has 0 spiro atoms. The molecule has 1 aromatic rings. The van der Waals surface area contributed by atoms with Crippen LogP contribution in [0.25, 0.3) is 0 Å². The van der Waals surface area contributed by atoms with Crippen LogP contribution in [-0.2, 0) is 11.2 Å². The van der Waals surface area contributed by atoms with E-state index in [0.29, 0.717) is 11.4 Å². The fourth-order valence-electron chi connectivity index (χ4n) is 1.77. The van der Waals surface area contributed by atoms with Crippen molar-refractivity contribution in [2.75, 3.05) is 7.11 Å². The summed E-state index contributed by atoms with van der Waals surface area (Å²) >= 11 is 6.09. The fraction of sp³-hybridized carbons (Fsp3) is 0.583. The van der Waals surface area contributed by atoms with Crippen LogP contribution in [0.2, 0.25) is 5.02 Å². The topological polar surface area (TPSA) is 60.2 Å². The molecule has 4 nitrogen and oxygen atoms in total. The second kappa shape index (κ2) is 6.31. The SMILES string of the molecule is CCC(C)(OC)C(Cc1ccncc1Cl)NN. The third kappa shape index (κ3) is 3.39. The molecule has 3 N–H and O–H groups in total. The maximum absolute atomic E-state index is 6.09. The number of ether oxygens (including phenoxy) is 1. The van der Waals surface area contributed by atoms with E-state index < -0.39 is 0 Å². The van der Waals surface area contributed by atoms with Gasteiger partial charge in [0.15, 0.2) is 0 Å². The smallest absolute Gasteiger partial charge is 0.0817 e. The first-order chi connectivity index (χ1) is 8.07. The molecule has 96 valence electrons. The third-order valence-electron chi connectivity index (χ3n) is 3.39. The molecule has 0 bridgehead atoms. The minimum atomic E-state index is -0.318. The zero-order valence-electron chi connectivity index (χ0n) is 10.5. The molecule has 0 aliphatic carbocycles. The summed E-state index contributed by atoms with van der Waals surface area (Å²) in [5.41, 5.74) is 3.51. The molecule has 2 unspecified atom stereocenters.